The summed E-state index contributed by atoms with van der Waals surface area (Å²) in [7, 11) is -16.1. The number of phosphoric acid groups is 3. The first-order valence-electron chi connectivity index (χ1n) is 21.8. The van der Waals surface area contributed by atoms with Crippen LogP contribution in [0, 0.1) is 21.6 Å². The molecule has 0 aliphatic carbocycles. The highest BCUT2D eigenvalue weighted by atomic mass is 31.2. The molecule has 0 rings (SSSR count). The number of nitrogens with two attached hydrogens (primary N) is 5. The van der Waals surface area contributed by atoms with Gasteiger partial charge in [0.05, 0.1) is 19.8 Å². The van der Waals surface area contributed by atoms with Crippen molar-refractivity contribution in [3.8, 4) is 0 Å². The minimum atomic E-state index is -5.47. The lowest BCUT2D eigenvalue weighted by atomic mass is 10.1. The Bertz CT molecular complexity index is 2130. The van der Waals surface area contributed by atoms with Crippen LogP contribution in [0.4, 0.5) is 0 Å². The van der Waals surface area contributed by atoms with Crippen molar-refractivity contribution in [1.29, 1.82) is 21.6 Å². The van der Waals surface area contributed by atoms with Gasteiger partial charge in [-0.25, -0.2) is 18.5 Å². The largest absolute Gasteiger partial charge is 0.480 e. The molecule has 75 heavy (non-hydrogen) atoms. The molecule has 39 nitrogen and oxygen atoms in total. The molecule has 0 aromatic heterocycles. The minimum Gasteiger partial charge on any atom is -0.480 e. The zero-order valence-corrected chi connectivity index (χ0v) is 42.5. The molecule has 0 bridgehead atoms. The smallest absolute Gasteiger partial charge is 0.469 e. The monoisotopic (exact) mass is 1140 g/mol. The molecule has 430 valence electrons. The third-order valence-corrected chi connectivity index (χ3v) is 10.8. The number of hydrogen-bond acceptors (Lipinski definition) is 18. The predicted octanol–water partition coefficient (Wildman–Crippen LogP) is -9.31. The second-order valence-electron chi connectivity index (χ2n) is 15.6. The van der Waals surface area contributed by atoms with Crippen molar-refractivity contribution < 1.29 is 95.3 Å². The van der Waals surface area contributed by atoms with Crippen molar-refractivity contribution in [1.82, 2.24) is 53.2 Å². The maximum Gasteiger partial charge on any atom is 0.469 e. The molecule has 6 amide bonds. The Balaban J connectivity index is 7.07. The van der Waals surface area contributed by atoms with Gasteiger partial charge < -0.3 is 116 Å². The highest BCUT2D eigenvalue weighted by Gasteiger charge is 2.36. The lowest BCUT2D eigenvalue weighted by Crippen LogP contribution is -2.61. The summed E-state index contributed by atoms with van der Waals surface area (Å²) < 4.78 is 47.9. The number of guanidine groups is 4. The molecule has 0 aliphatic heterocycles. The number of carboxylic acid groups (broad SMARTS) is 1. The molecular formula is C33H68N19O20P3. The Morgan fingerprint density at radius 2 is 0.627 bits per heavy atom. The van der Waals surface area contributed by atoms with Gasteiger partial charge in [-0.1, -0.05) is 0 Å². The average molecular weight is 1140 g/mol. The summed E-state index contributed by atoms with van der Waals surface area (Å²) in [5.74, 6) is -11.4. The van der Waals surface area contributed by atoms with Gasteiger partial charge in [0.15, 0.2) is 23.8 Å². The Morgan fingerprint density at radius 3 is 0.893 bits per heavy atom. The van der Waals surface area contributed by atoms with Gasteiger partial charge in [0, 0.05) is 26.2 Å². The van der Waals surface area contributed by atoms with Gasteiger partial charge in [-0.3, -0.25) is 64.0 Å². The first-order valence-corrected chi connectivity index (χ1v) is 26.4. The first kappa shape index (κ1) is 68.7. The van der Waals surface area contributed by atoms with Gasteiger partial charge >= 0.3 is 29.4 Å². The molecule has 0 saturated carbocycles. The van der Waals surface area contributed by atoms with Crippen LogP contribution in [0.2, 0.25) is 0 Å². The molecule has 0 aliphatic rings. The molecular weight excluding hydrogens is 1080 g/mol. The van der Waals surface area contributed by atoms with E-state index in [1.807, 2.05) is 0 Å². The van der Waals surface area contributed by atoms with Gasteiger partial charge in [-0.2, -0.15) is 0 Å². The molecule has 0 fully saturated rings. The molecule has 0 heterocycles. The third-order valence-electron chi connectivity index (χ3n) is 9.30. The summed E-state index contributed by atoms with van der Waals surface area (Å²) in [5.41, 5.74) is 26.8. The molecule has 0 aromatic rings. The van der Waals surface area contributed by atoms with Crippen LogP contribution in [0.15, 0.2) is 0 Å². The van der Waals surface area contributed by atoms with E-state index >= 15 is 0 Å². The van der Waals surface area contributed by atoms with Crippen molar-refractivity contribution in [3.05, 3.63) is 0 Å². The second kappa shape index (κ2) is 34.3. The van der Waals surface area contributed by atoms with E-state index in [0.29, 0.717) is 0 Å². The van der Waals surface area contributed by atoms with E-state index in [2.05, 4.69) is 66.7 Å². The Hall–Kier alpha value is -6.34. The minimum absolute atomic E-state index is 0.0276. The summed E-state index contributed by atoms with van der Waals surface area (Å²) in [6.45, 7) is -4.11. The number of amides is 6. The predicted molar refractivity (Wildman–Crippen MR) is 258 cm³/mol. The SMILES string of the molecule is N=C(N)NCCC[C@H](NC(=O)[C@H](CCCNC(=N)N)NC(=O)[C@H](COP(=O)(O)O)NC(=O)[C@H](CCCNC(=N)N)NC(=O)[C@H](COP(=O)(O)O)NC(=O)[C@H](CCCNC(=N)N)NC(=O)[C@@H](N)COP(=O)(O)O)C(=O)O. The lowest BCUT2D eigenvalue weighted by Gasteiger charge is -2.28. The highest BCUT2D eigenvalue weighted by Crippen LogP contribution is 2.37. The van der Waals surface area contributed by atoms with Crippen LogP contribution in [0.5, 0.6) is 0 Å². The Labute approximate surface area is 426 Å². The molecule has 0 saturated heterocycles. The number of aliphatic carboxylic acids is 1. The van der Waals surface area contributed by atoms with Crippen molar-refractivity contribution >= 4 is 88.7 Å². The van der Waals surface area contributed by atoms with E-state index in [1.54, 1.807) is 0 Å². The summed E-state index contributed by atoms with van der Waals surface area (Å²) in [4.78, 5) is 150. The molecule has 0 unspecified atom stereocenters. The zero-order chi connectivity index (χ0) is 57.7. The maximum absolute atomic E-state index is 14.0. The zero-order valence-electron chi connectivity index (χ0n) is 39.8. The van der Waals surface area contributed by atoms with Crippen molar-refractivity contribution in [2.45, 2.75) is 93.7 Å². The van der Waals surface area contributed by atoms with Gasteiger partial charge in [0.2, 0.25) is 35.4 Å². The summed E-state index contributed by atoms with van der Waals surface area (Å²) in [5, 5.41) is 61.8. The van der Waals surface area contributed by atoms with Crippen molar-refractivity contribution in [3.63, 3.8) is 0 Å². The van der Waals surface area contributed by atoms with Crippen LogP contribution in [-0.2, 0) is 60.8 Å². The normalized spacial score (nSPS) is 14.3. The van der Waals surface area contributed by atoms with Crippen LogP contribution in [0.1, 0.15) is 51.4 Å². The third kappa shape index (κ3) is 34.7. The number of carboxylic acids is 1. The molecule has 42 heteroatoms. The van der Waals surface area contributed by atoms with Crippen molar-refractivity contribution in [2.75, 3.05) is 46.0 Å². The number of rotatable bonds is 38. The number of carbonyl (C=O) groups is 7. The van der Waals surface area contributed by atoms with Crippen LogP contribution in [-0.4, -0.2) is 188 Å². The van der Waals surface area contributed by atoms with E-state index in [4.69, 9.17) is 60.1 Å². The Morgan fingerprint density at radius 1 is 0.400 bits per heavy atom. The molecule has 0 aromatic carbocycles. The van der Waals surface area contributed by atoms with Crippen LogP contribution >= 0.6 is 23.5 Å². The number of phosphoric ester groups is 3. The lowest BCUT2D eigenvalue weighted by molar-refractivity contribution is -0.142. The van der Waals surface area contributed by atoms with E-state index in [9.17, 15) is 71.9 Å². The van der Waals surface area contributed by atoms with E-state index < -0.39 is 157 Å². The fraction of sp³-hybridized carbons (Fsp3) is 0.667. The molecule has 0 spiro atoms. The highest BCUT2D eigenvalue weighted by molar-refractivity contribution is 7.46. The fourth-order valence-corrected chi connectivity index (χ4v) is 6.82. The Kier molecular flexibility index (Phi) is 31.4. The summed E-state index contributed by atoms with van der Waals surface area (Å²) in [6, 6.07) is -13.1. The number of carbonyl (C=O) groups excluding carboxylic acids is 6. The van der Waals surface area contributed by atoms with Crippen molar-refractivity contribution in [2.24, 2.45) is 28.7 Å². The number of nitrogens with one attached hydrogen (secondary N) is 14. The number of hydrogen-bond donors (Lipinski definition) is 26. The van der Waals surface area contributed by atoms with Crippen LogP contribution < -0.4 is 81.8 Å². The first-order chi connectivity index (χ1) is 34.6. The van der Waals surface area contributed by atoms with Gasteiger partial charge in [0.25, 0.3) is 0 Å². The average Bonchev–Trinajstić information content (AvgIpc) is 3.27. The fourth-order valence-electron chi connectivity index (χ4n) is 5.78. The summed E-state index contributed by atoms with van der Waals surface area (Å²) >= 11 is 0. The maximum atomic E-state index is 14.0. The quantitative estimate of drug-likeness (QED) is 0.0118. The van der Waals surface area contributed by atoms with E-state index in [1.165, 1.54) is 0 Å². The van der Waals surface area contributed by atoms with E-state index in [0.717, 1.165) is 0 Å². The van der Waals surface area contributed by atoms with Gasteiger partial charge in [-0.15, -0.1) is 0 Å². The van der Waals surface area contributed by atoms with Gasteiger partial charge in [0.1, 0.15) is 42.3 Å². The molecule has 7 atom stereocenters. The second-order valence-corrected chi connectivity index (χ2v) is 19.3. The van der Waals surface area contributed by atoms with Crippen LogP contribution in [0.3, 0.4) is 0 Å². The summed E-state index contributed by atoms with van der Waals surface area (Å²) in [6.07, 6.45) is -1.66. The van der Waals surface area contributed by atoms with Crippen LogP contribution in [0.25, 0.3) is 0 Å². The molecule has 0 radical (unpaired) electrons. The van der Waals surface area contributed by atoms with E-state index in [-0.39, 0.29) is 71.1 Å². The topological polar surface area (TPSA) is 686 Å². The van der Waals surface area contributed by atoms with Gasteiger partial charge in [-0.05, 0) is 51.4 Å². The standard InChI is InChI=1S/C33H68N19O20P3/c34-16(13-70-73(61,62)63)23(53)47-17(5-1-9-43-30(35)36)25(55)51-21(14-71-74(64,65)66)28(58)49-19(7-3-11-45-32(39)40)26(56)52-22(15-72-75(67,68)69)27(57)48-18(6-2-10-44-31(37)38)24(54)50-20(29(59)60)8-4-12-46-33(41)42/h16-22H,1-15,34H2,(H,47,53)(H,48,57)(H,49,58)(H,50,54)(H,51,55)(H,52,56)(H,59,60)(H4,35,36,43)(H4,37,38,44)(H4,39,40,45)(H4,41,42,46)(H2,61,62,63)(H2,64,65,66)(H2,67,68,69)/t16-,17-,18-,19-,20-,21-,22-/m0/s1. The molecule has 31 N–H and O–H groups in total.